The van der Waals surface area contributed by atoms with Crippen LogP contribution in [0.1, 0.15) is 25.8 Å². The number of anilines is 1. The van der Waals surface area contributed by atoms with Crippen LogP contribution < -0.4 is 15.8 Å². The molecule has 0 aliphatic carbocycles. The van der Waals surface area contributed by atoms with Gasteiger partial charge in [-0.3, -0.25) is 9.52 Å². The van der Waals surface area contributed by atoms with E-state index in [2.05, 4.69) is 10.0 Å². The zero-order chi connectivity index (χ0) is 19.2. The molecule has 140 valence electrons. The molecule has 2 aromatic carbocycles. The third-order valence-corrected chi connectivity index (χ3v) is 5.21. The summed E-state index contributed by atoms with van der Waals surface area (Å²) in [5.41, 5.74) is 6.96. The number of benzene rings is 2. The van der Waals surface area contributed by atoms with Gasteiger partial charge in [-0.15, -0.1) is 0 Å². The highest BCUT2D eigenvalue weighted by Crippen LogP contribution is 2.20. The van der Waals surface area contributed by atoms with E-state index in [0.717, 1.165) is 0 Å². The van der Waals surface area contributed by atoms with Crippen LogP contribution in [0.2, 0.25) is 0 Å². The number of nitrogens with two attached hydrogens (primary N) is 1. The molecule has 0 aromatic heterocycles. The molecule has 1 amide bonds. The molecule has 7 heteroatoms. The van der Waals surface area contributed by atoms with Crippen molar-refractivity contribution in [1.29, 1.82) is 0 Å². The van der Waals surface area contributed by atoms with E-state index in [1.54, 1.807) is 42.5 Å². The molecule has 0 heterocycles. The summed E-state index contributed by atoms with van der Waals surface area (Å²) >= 11 is 0. The summed E-state index contributed by atoms with van der Waals surface area (Å²) < 4.78 is 27.6. The van der Waals surface area contributed by atoms with Gasteiger partial charge in [-0.2, -0.15) is 0 Å². The van der Waals surface area contributed by atoms with Crippen LogP contribution in [0.4, 0.5) is 5.69 Å². The molecule has 2 aromatic rings. The van der Waals surface area contributed by atoms with Gasteiger partial charge in [-0.05, 0) is 36.1 Å². The summed E-state index contributed by atoms with van der Waals surface area (Å²) in [4.78, 5) is 12.3. The average Bonchev–Trinajstić information content (AvgIpc) is 2.60. The minimum Gasteiger partial charge on any atom is -0.351 e. The van der Waals surface area contributed by atoms with Crippen LogP contribution in [0.15, 0.2) is 59.5 Å². The lowest BCUT2D eigenvalue weighted by atomic mass is 10.0. The van der Waals surface area contributed by atoms with E-state index >= 15 is 0 Å². The Hall–Kier alpha value is -2.38. The first kappa shape index (κ1) is 19.9. The Morgan fingerprint density at radius 3 is 2.31 bits per heavy atom. The maximum atomic E-state index is 12.5. The zero-order valence-corrected chi connectivity index (χ0v) is 15.8. The minimum absolute atomic E-state index is 0.179. The topological polar surface area (TPSA) is 101 Å². The fourth-order valence-corrected chi connectivity index (χ4v) is 3.63. The average molecular weight is 375 g/mol. The van der Waals surface area contributed by atoms with Gasteiger partial charge in [-0.1, -0.05) is 50.2 Å². The Bertz CT molecular complexity index is 836. The summed E-state index contributed by atoms with van der Waals surface area (Å²) in [6.07, 6.45) is 0.591. The molecule has 1 atom stereocenters. The van der Waals surface area contributed by atoms with E-state index in [0.29, 0.717) is 23.6 Å². The number of carbonyl (C=O) groups is 1. The molecule has 0 fully saturated rings. The number of amides is 1. The molecule has 4 N–H and O–H groups in total. The van der Waals surface area contributed by atoms with Crippen LogP contribution >= 0.6 is 0 Å². The van der Waals surface area contributed by atoms with Gasteiger partial charge in [0.2, 0.25) is 5.91 Å². The van der Waals surface area contributed by atoms with E-state index in [9.17, 15) is 13.2 Å². The number of hydrogen-bond acceptors (Lipinski definition) is 4. The second kappa shape index (κ2) is 8.82. The van der Waals surface area contributed by atoms with Crippen LogP contribution in [0, 0.1) is 5.92 Å². The van der Waals surface area contributed by atoms with Crippen molar-refractivity contribution in [2.24, 2.45) is 11.7 Å². The second-order valence-electron chi connectivity index (χ2n) is 6.53. The Balaban J connectivity index is 2.10. The van der Waals surface area contributed by atoms with Crippen LogP contribution in [0.25, 0.3) is 0 Å². The first-order chi connectivity index (χ1) is 12.3. The Kier molecular flexibility index (Phi) is 6.76. The molecule has 0 aliphatic rings. The molecular formula is C19H25N3O3S. The highest BCUT2D eigenvalue weighted by Gasteiger charge is 2.17. The highest BCUT2D eigenvalue weighted by molar-refractivity contribution is 7.92. The summed E-state index contributed by atoms with van der Waals surface area (Å²) in [6, 6.07) is 14.5. The van der Waals surface area contributed by atoms with Crippen molar-refractivity contribution in [2.75, 3.05) is 4.72 Å². The third-order valence-electron chi connectivity index (χ3n) is 3.83. The Morgan fingerprint density at radius 1 is 1.04 bits per heavy atom. The van der Waals surface area contributed by atoms with Crippen LogP contribution in [-0.4, -0.2) is 20.4 Å². The lowest BCUT2D eigenvalue weighted by molar-refractivity contribution is -0.122. The van der Waals surface area contributed by atoms with Crippen molar-refractivity contribution in [3.63, 3.8) is 0 Å². The lowest BCUT2D eigenvalue weighted by Crippen LogP contribution is -2.41. The lowest BCUT2D eigenvalue weighted by Gasteiger charge is -2.16. The molecule has 0 spiro atoms. The summed E-state index contributed by atoms with van der Waals surface area (Å²) in [5, 5.41) is 2.77. The maximum Gasteiger partial charge on any atom is 0.261 e. The van der Waals surface area contributed by atoms with Crippen molar-refractivity contribution >= 4 is 21.6 Å². The molecule has 0 saturated heterocycles. The number of rotatable bonds is 8. The SMILES string of the molecule is CC(C)C[C@H](N)C(=O)NCc1ccccc1NS(=O)(=O)c1ccccc1. The molecule has 2 rings (SSSR count). The zero-order valence-electron chi connectivity index (χ0n) is 15.0. The second-order valence-corrected chi connectivity index (χ2v) is 8.21. The minimum atomic E-state index is -3.69. The Morgan fingerprint density at radius 2 is 1.65 bits per heavy atom. The number of nitrogens with one attached hydrogen (secondary N) is 2. The first-order valence-corrected chi connectivity index (χ1v) is 9.97. The maximum absolute atomic E-state index is 12.5. The summed E-state index contributed by atoms with van der Waals surface area (Å²) in [6.45, 7) is 4.19. The molecule has 0 unspecified atom stereocenters. The van der Waals surface area contributed by atoms with E-state index < -0.39 is 16.1 Å². The molecular weight excluding hydrogens is 350 g/mol. The predicted molar refractivity (Wildman–Crippen MR) is 103 cm³/mol. The van der Waals surface area contributed by atoms with Crippen molar-refractivity contribution in [3.05, 3.63) is 60.2 Å². The van der Waals surface area contributed by atoms with Gasteiger partial charge in [0.25, 0.3) is 10.0 Å². The smallest absolute Gasteiger partial charge is 0.261 e. The van der Waals surface area contributed by atoms with Crippen molar-refractivity contribution < 1.29 is 13.2 Å². The Labute approximate surface area is 154 Å². The monoisotopic (exact) mass is 375 g/mol. The third kappa shape index (κ3) is 5.57. The van der Waals surface area contributed by atoms with Crippen molar-refractivity contribution in [3.8, 4) is 0 Å². The number of hydrogen-bond donors (Lipinski definition) is 3. The van der Waals surface area contributed by atoms with Crippen LogP contribution in [-0.2, 0) is 21.4 Å². The standard InChI is InChI=1S/C19H25N3O3S/c1-14(2)12-17(20)19(23)21-13-15-8-6-7-11-18(15)22-26(24,25)16-9-4-3-5-10-16/h3-11,14,17,22H,12-13,20H2,1-2H3,(H,21,23)/t17-/m0/s1. The van der Waals surface area contributed by atoms with Gasteiger partial charge in [0.15, 0.2) is 0 Å². The fraction of sp³-hybridized carbons (Fsp3) is 0.316. The normalized spacial score (nSPS) is 12.6. The van der Waals surface area contributed by atoms with E-state index in [4.69, 9.17) is 5.73 Å². The quantitative estimate of drug-likeness (QED) is 0.660. The van der Waals surface area contributed by atoms with Crippen LogP contribution in [0.5, 0.6) is 0 Å². The van der Waals surface area contributed by atoms with Gasteiger partial charge < -0.3 is 11.1 Å². The first-order valence-electron chi connectivity index (χ1n) is 8.48. The summed E-state index contributed by atoms with van der Waals surface area (Å²) in [5.74, 6) is 0.0696. The van der Waals surface area contributed by atoms with E-state index in [-0.39, 0.29) is 17.3 Å². The highest BCUT2D eigenvalue weighted by atomic mass is 32.2. The number of sulfonamides is 1. The van der Waals surface area contributed by atoms with Gasteiger partial charge in [-0.25, -0.2) is 8.42 Å². The molecule has 6 nitrogen and oxygen atoms in total. The van der Waals surface area contributed by atoms with Gasteiger partial charge in [0.1, 0.15) is 0 Å². The van der Waals surface area contributed by atoms with E-state index in [1.807, 2.05) is 13.8 Å². The molecule has 26 heavy (non-hydrogen) atoms. The molecule has 0 bridgehead atoms. The molecule has 0 aliphatic heterocycles. The fourth-order valence-electron chi connectivity index (χ4n) is 2.51. The van der Waals surface area contributed by atoms with Gasteiger partial charge in [0, 0.05) is 6.54 Å². The molecule has 0 radical (unpaired) electrons. The molecule has 0 saturated carbocycles. The van der Waals surface area contributed by atoms with Crippen molar-refractivity contribution in [1.82, 2.24) is 5.32 Å². The number of carbonyl (C=O) groups excluding carboxylic acids is 1. The van der Waals surface area contributed by atoms with Gasteiger partial charge >= 0.3 is 0 Å². The number of para-hydroxylation sites is 1. The summed E-state index contributed by atoms with van der Waals surface area (Å²) in [7, 11) is -3.69. The van der Waals surface area contributed by atoms with Gasteiger partial charge in [0.05, 0.1) is 16.6 Å². The predicted octanol–water partition coefficient (Wildman–Crippen LogP) is 2.48. The van der Waals surface area contributed by atoms with Crippen LogP contribution in [0.3, 0.4) is 0 Å². The van der Waals surface area contributed by atoms with Crippen molar-refractivity contribution in [2.45, 2.75) is 37.8 Å². The largest absolute Gasteiger partial charge is 0.351 e. The van der Waals surface area contributed by atoms with E-state index in [1.165, 1.54) is 12.1 Å².